The highest BCUT2D eigenvalue weighted by molar-refractivity contribution is 4.88. The van der Waals surface area contributed by atoms with Gasteiger partial charge in [0.15, 0.2) is 0 Å². The first-order valence-electron chi connectivity index (χ1n) is 7.23. The molecule has 0 radical (unpaired) electrons. The number of nitrogens with zero attached hydrogens (tertiary/aromatic N) is 1. The third-order valence-electron chi connectivity index (χ3n) is 4.05. The van der Waals surface area contributed by atoms with Crippen LogP contribution in [0.3, 0.4) is 0 Å². The molecule has 0 aromatic carbocycles. The molecule has 0 heterocycles. The van der Waals surface area contributed by atoms with Gasteiger partial charge in [0.25, 0.3) is 0 Å². The molecule has 0 aromatic rings. The second-order valence-electron chi connectivity index (χ2n) is 5.99. The summed E-state index contributed by atoms with van der Waals surface area (Å²) in [6.45, 7) is 5.94. The summed E-state index contributed by atoms with van der Waals surface area (Å²) in [6.07, 6.45) is 9.86. The molecule has 2 aliphatic rings. The molecule has 0 saturated heterocycles. The maximum Gasteiger partial charge on any atom is 0.00965 e. The van der Waals surface area contributed by atoms with E-state index >= 15 is 0 Å². The summed E-state index contributed by atoms with van der Waals surface area (Å²) in [6, 6.07) is 0.963. The van der Waals surface area contributed by atoms with Gasteiger partial charge in [0.1, 0.15) is 0 Å². The zero-order valence-corrected chi connectivity index (χ0v) is 10.8. The Morgan fingerprint density at radius 2 is 1.94 bits per heavy atom. The van der Waals surface area contributed by atoms with Gasteiger partial charge < -0.3 is 10.6 Å². The van der Waals surface area contributed by atoms with Gasteiger partial charge in [-0.3, -0.25) is 0 Å². The SMILES string of the molecule is CC(CCN)CCCN(CC1CC1)C1CC1. The van der Waals surface area contributed by atoms with Crippen LogP contribution in [0.25, 0.3) is 0 Å². The number of hydrogen-bond acceptors (Lipinski definition) is 2. The van der Waals surface area contributed by atoms with Crippen LogP contribution >= 0.6 is 0 Å². The smallest absolute Gasteiger partial charge is 0.00965 e. The lowest BCUT2D eigenvalue weighted by atomic mass is 10.0. The van der Waals surface area contributed by atoms with Gasteiger partial charge in [0.05, 0.1) is 0 Å². The van der Waals surface area contributed by atoms with Crippen molar-refractivity contribution in [1.29, 1.82) is 0 Å². The van der Waals surface area contributed by atoms with Crippen molar-refractivity contribution in [2.75, 3.05) is 19.6 Å². The van der Waals surface area contributed by atoms with Crippen LogP contribution in [0.4, 0.5) is 0 Å². The maximum absolute atomic E-state index is 5.58. The average Bonchev–Trinajstić information content (AvgIpc) is 3.11. The zero-order valence-electron chi connectivity index (χ0n) is 10.8. The molecule has 2 rings (SSSR count). The van der Waals surface area contributed by atoms with E-state index in [0.29, 0.717) is 0 Å². The molecular formula is C14H28N2. The predicted molar refractivity (Wildman–Crippen MR) is 69.4 cm³/mol. The summed E-state index contributed by atoms with van der Waals surface area (Å²) in [5, 5.41) is 0. The molecule has 2 nitrogen and oxygen atoms in total. The molecule has 0 spiro atoms. The van der Waals surface area contributed by atoms with Crippen LogP contribution in [-0.4, -0.2) is 30.6 Å². The minimum Gasteiger partial charge on any atom is -0.330 e. The Labute approximate surface area is 101 Å². The second kappa shape index (κ2) is 6.02. The first-order chi connectivity index (χ1) is 7.79. The topological polar surface area (TPSA) is 29.3 Å². The summed E-state index contributed by atoms with van der Waals surface area (Å²) in [4.78, 5) is 2.77. The van der Waals surface area contributed by atoms with Crippen LogP contribution in [-0.2, 0) is 0 Å². The summed E-state index contributed by atoms with van der Waals surface area (Å²) in [7, 11) is 0. The second-order valence-corrected chi connectivity index (χ2v) is 5.99. The Balaban J connectivity index is 1.57. The first-order valence-corrected chi connectivity index (χ1v) is 7.23. The molecule has 2 N–H and O–H groups in total. The van der Waals surface area contributed by atoms with Gasteiger partial charge in [0, 0.05) is 12.6 Å². The highest BCUT2D eigenvalue weighted by Crippen LogP contribution is 2.34. The Morgan fingerprint density at radius 1 is 1.19 bits per heavy atom. The van der Waals surface area contributed by atoms with Gasteiger partial charge in [-0.25, -0.2) is 0 Å². The summed E-state index contributed by atoms with van der Waals surface area (Å²) < 4.78 is 0. The van der Waals surface area contributed by atoms with Gasteiger partial charge in [-0.15, -0.1) is 0 Å². The van der Waals surface area contributed by atoms with Crippen LogP contribution in [0, 0.1) is 11.8 Å². The van der Waals surface area contributed by atoms with E-state index in [2.05, 4.69) is 11.8 Å². The first kappa shape index (κ1) is 12.4. The van der Waals surface area contributed by atoms with E-state index in [1.165, 1.54) is 58.0 Å². The van der Waals surface area contributed by atoms with Crippen LogP contribution in [0.2, 0.25) is 0 Å². The molecule has 1 atom stereocenters. The van der Waals surface area contributed by atoms with Crippen molar-refractivity contribution in [2.24, 2.45) is 17.6 Å². The zero-order chi connectivity index (χ0) is 11.4. The third-order valence-corrected chi connectivity index (χ3v) is 4.05. The Morgan fingerprint density at radius 3 is 2.50 bits per heavy atom. The molecule has 16 heavy (non-hydrogen) atoms. The fourth-order valence-corrected chi connectivity index (χ4v) is 2.57. The van der Waals surface area contributed by atoms with Gasteiger partial charge in [-0.1, -0.05) is 6.92 Å². The predicted octanol–water partition coefficient (Wildman–Crippen LogP) is 2.63. The third kappa shape index (κ3) is 4.42. The van der Waals surface area contributed by atoms with Crippen molar-refractivity contribution in [3.8, 4) is 0 Å². The molecule has 2 heteroatoms. The van der Waals surface area contributed by atoms with Crippen molar-refractivity contribution >= 4 is 0 Å². The molecule has 0 amide bonds. The lowest BCUT2D eigenvalue weighted by molar-refractivity contribution is 0.241. The molecular weight excluding hydrogens is 196 g/mol. The molecule has 0 aromatic heterocycles. The van der Waals surface area contributed by atoms with Crippen LogP contribution in [0.15, 0.2) is 0 Å². The monoisotopic (exact) mass is 224 g/mol. The fourth-order valence-electron chi connectivity index (χ4n) is 2.57. The van der Waals surface area contributed by atoms with Crippen LogP contribution in [0.1, 0.15) is 51.9 Å². The van der Waals surface area contributed by atoms with E-state index in [1.807, 2.05) is 0 Å². The van der Waals surface area contributed by atoms with Crippen molar-refractivity contribution in [3.63, 3.8) is 0 Å². The van der Waals surface area contributed by atoms with Crippen molar-refractivity contribution in [2.45, 2.75) is 57.9 Å². The summed E-state index contributed by atoms with van der Waals surface area (Å²) in [5.74, 6) is 1.88. The minimum atomic E-state index is 0.826. The number of hydrogen-bond donors (Lipinski definition) is 1. The molecule has 2 saturated carbocycles. The maximum atomic E-state index is 5.58. The lowest BCUT2D eigenvalue weighted by Gasteiger charge is -2.22. The van der Waals surface area contributed by atoms with Crippen molar-refractivity contribution in [1.82, 2.24) is 4.90 Å². The molecule has 2 fully saturated rings. The van der Waals surface area contributed by atoms with E-state index in [0.717, 1.165) is 24.4 Å². The molecule has 1 unspecified atom stereocenters. The van der Waals surface area contributed by atoms with E-state index in [-0.39, 0.29) is 0 Å². The molecule has 0 bridgehead atoms. The molecule has 94 valence electrons. The summed E-state index contributed by atoms with van der Waals surface area (Å²) >= 11 is 0. The minimum absolute atomic E-state index is 0.826. The van der Waals surface area contributed by atoms with Crippen LogP contribution in [0.5, 0.6) is 0 Å². The fraction of sp³-hybridized carbons (Fsp3) is 1.00. The summed E-state index contributed by atoms with van der Waals surface area (Å²) in [5.41, 5.74) is 5.58. The standard InChI is InChI=1S/C14H28N2/c1-12(8-9-15)3-2-10-16(14-6-7-14)11-13-4-5-13/h12-14H,2-11,15H2,1H3. The normalized spacial score (nSPS) is 22.7. The molecule has 0 aliphatic heterocycles. The van der Waals surface area contributed by atoms with Crippen molar-refractivity contribution in [3.05, 3.63) is 0 Å². The Kier molecular flexibility index (Phi) is 4.66. The van der Waals surface area contributed by atoms with E-state index in [4.69, 9.17) is 5.73 Å². The van der Waals surface area contributed by atoms with Gasteiger partial charge in [-0.05, 0) is 69.9 Å². The van der Waals surface area contributed by atoms with E-state index < -0.39 is 0 Å². The number of nitrogens with two attached hydrogens (primary N) is 1. The Hall–Kier alpha value is -0.0800. The van der Waals surface area contributed by atoms with Gasteiger partial charge >= 0.3 is 0 Å². The van der Waals surface area contributed by atoms with Gasteiger partial charge in [-0.2, -0.15) is 0 Å². The van der Waals surface area contributed by atoms with Crippen LogP contribution < -0.4 is 5.73 Å². The largest absolute Gasteiger partial charge is 0.330 e. The molecule has 2 aliphatic carbocycles. The highest BCUT2D eigenvalue weighted by Gasteiger charge is 2.33. The van der Waals surface area contributed by atoms with E-state index in [9.17, 15) is 0 Å². The van der Waals surface area contributed by atoms with Gasteiger partial charge in [0.2, 0.25) is 0 Å². The highest BCUT2D eigenvalue weighted by atomic mass is 15.2. The Bertz CT molecular complexity index is 197. The lowest BCUT2D eigenvalue weighted by Crippen LogP contribution is -2.29. The quantitative estimate of drug-likeness (QED) is 0.652. The average molecular weight is 224 g/mol. The van der Waals surface area contributed by atoms with Crippen molar-refractivity contribution < 1.29 is 0 Å². The van der Waals surface area contributed by atoms with E-state index in [1.54, 1.807) is 0 Å². The number of rotatable bonds is 9.